The van der Waals surface area contributed by atoms with Crippen molar-refractivity contribution in [3.63, 3.8) is 0 Å². The van der Waals surface area contributed by atoms with Crippen LogP contribution in [0, 0.1) is 6.92 Å². The quantitative estimate of drug-likeness (QED) is 0.160. The Morgan fingerprint density at radius 2 is 1.55 bits per heavy atom. The number of nitrogens with one attached hydrogen (secondary N) is 2. The van der Waals surface area contributed by atoms with Crippen molar-refractivity contribution in [2.75, 3.05) is 24.9 Å². The highest BCUT2D eigenvalue weighted by atomic mass is 32.2. The van der Waals surface area contributed by atoms with E-state index in [0.717, 1.165) is 21.7 Å². The van der Waals surface area contributed by atoms with E-state index in [0.29, 0.717) is 27.9 Å². The number of carbonyl (C=O) groups is 2. The standard InChI is InChI=1S/C33H29N3O4S2/c1-21-9-11-22(12-10-21)27-20-41-33(35-27)36-32(38)30(23-7-5-4-6-8-23)42-26-16-14-25(15-17-26)34-31(37)24-13-18-28(39-2)29(19-24)40-3/h4-20,30H,1-3H3,(H,34,37)(H,35,36,38). The number of anilines is 2. The van der Waals surface area contributed by atoms with Gasteiger partial charge in [0.1, 0.15) is 5.25 Å². The number of nitrogens with zero attached hydrogens (tertiary/aromatic N) is 1. The smallest absolute Gasteiger partial charge is 0.255 e. The SMILES string of the molecule is COc1ccc(C(=O)Nc2ccc(SC(C(=O)Nc3nc(-c4ccc(C)cc4)cs3)c3ccccc3)cc2)cc1OC. The fourth-order valence-electron chi connectivity index (χ4n) is 4.19. The van der Waals surface area contributed by atoms with Gasteiger partial charge in [0.25, 0.3) is 5.91 Å². The zero-order chi connectivity index (χ0) is 29.5. The first kappa shape index (κ1) is 28.9. The molecule has 0 saturated carbocycles. The van der Waals surface area contributed by atoms with E-state index in [1.807, 2.05) is 91.2 Å². The third-order valence-corrected chi connectivity index (χ3v) is 8.46. The molecule has 0 bridgehead atoms. The van der Waals surface area contributed by atoms with Gasteiger partial charge in [0.15, 0.2) is 16.6 Å². The molecule has 5 aromatic rings. The van der Waals surface area contributed by atoms with Gasteiger partial charge in [-0.2, -0.15) is 0 Å². The van der Waals surface area contributed by atoms with Crippen molar-refractivity contribution in [2.24, 2.45) is 0 Å². The molecular formula is C33H29N3O4S2. The molecule has 1 heterocycles. The number of carbonyl (C=O) groups excluding carboxylic acids is 2. The molecule has 0 radical (unpaired) electrons. The van der Waals surface area contributed by atoms with E-state index in [1.54, 1.807) is 25.3 Å². The van der Waals surface area contributed by atoms with Crippen LogP contribution in [-0.4, -0.2) is 31.0 Å². The second kappa shape index (κ2) is 13.4. The lowest BCUT2D eigenvalue weighted by Crippen LogP contribution is -2.19. The highest BCUT2D eigenvalue weighted by Crippen LogP contribution is 2.37. The summed E-state index contributed by atoms with van der Waals surface area (Å²) in [5.41, 5.74) is 4.96. The second-order valence-corrected chi connectivity index (χ2v) is 11.4. The Hall–Kier alpha value is -4.60. The summed E-state index contributed by atoms with van der Waals surface area (Å²) >= 11 is 2.83. The predicted octanol–water partition coefficient (Wildman–Crippen LogP) is 7.86. The van der Waals surface area contributed by atoms with Gasteiger partial charge >= 0.3 is 0 Å². The minimum atomic E-state index is -0.509. The van der Waals surface area contributed by atoms with E-state index < -0.39 is 5.25 Å². The van der Waals surface area contributed by atoms with Gasteiger partial charge in [0.05, 0.1) is 19.9 Å². The molecule has 1 unspecified atom stereocenters. The number of rotatable bonds is 10. The van der Waals surface area contributed by atoms with Gasteiger partial charge in [-0.15, -0.1) is 23.1 Å². The molecule has 42 heavy (non-hydrogen) atoms. The molecule has 9 heteroatoms. The summed E-state index contributed by atoms with van der Waals surface area (Å²) < 4.78 is 10.6. The van der Waals surface area contributed by atoms with Crippen LogP contribution >= 0.6 is 23.1 Å². The number of hydrogen-bond donors (Lipinski definition) is 2. The molecule has 0 aliphatic heterocycles. The fourth-order valence-corrected chi connectivity index (χ4v) is 5.94. The van der Waals surface area contributed by atoms with Gasteiger partial charge in [0.2, 0.25) is 5.91 Å². The Balaban J connectivity index is 1.28. The molecule has 7 nitrogen and oxygen atoms in total. The number of benzene rings is 4. The molecule has 212 valence electrons. The van der Waals surface area contributed by atoms with E-state index in [1.165, 1.54) is 35.8 Å². The third kappa shape index (κ3) is 6.99. The molecular weight excluding hydrogens is 567 g/mol. The first-order valence-corrected chi connectivity index (χ1v) is 14.9. The largest absolute Gasteiger partial charge is 0.493 e. The van der Waals surface area contributed by atoms with Crippen LogP contribution in [0.25, 0.3) is 11.3 Å². The van der Waals surface area contributed by atoms with Crippen molar-refractivity contribution >= 4 is 45.7 Å². The van der Waals surface area contributed by atoms with Crippen molar-refractivity contribution in [2.45, 2.75) is 17.1 Å². The second-order valence-electron chi connectivity index (χ2n) is 9.35. The summed E-state index contributed by atoms with van der Waals surface area (Å²) in [6.07, 6.45) is 0. The van der Waals surface area contributed by atoms with Crippen LogP contribution in [0.4, 0.5) is 10.8 Å². The molecule has 2 amide bonds. The summed E-state index contributed by atoms with van der Waals surface area (Å²) in [4.78, 5) is 31.9. The van der Waals surface area contributed by atoms with E-state index in [9.17, 15) is 9.59 Å². The lowest BCUT2D eigenvalue weighted by Gasteiger charge is -2.16. The molecule has 4 aromatic carbocycles. The van der Waals surface area contributed by atoms with Gasteiger partial charge in [-0.25, -0.2) is 4.98 Å². The average molecular weight is 596 g/mol. The van der Waals surface area contributed by atoms with Gasteiger partial charge in [-0.05, 0) is 55.0 Å². The van der Waals surface area contributed by atoms with Crippen LogP contribution in [0.3, 0.4) is 0 Å². The molecule has 0 saturated heterocycles. The summed E-state index contributed by atoms with van der Waals surface area (Å²) in [5, 5.41) is 7.89. The Bertz CT molecular complexity index is 1670. The summed E-state index contributed by atoms with van der Waals surface area (Å²) in [7, 11) is 3.07. The molecule has 2 N–H and O–H groups in total. The molecule has 0 aliphatic rings. The Labute approximate surface area is 252 Å². The monoisotopic (exact) mass is 595 g/mol. The van der Waals surface area contributed by atoms with Crippen molar-refractivity contribution in [1.82, 2.24) is 4.98 Å². The third-order valence-electron chi connectivity index (χ3n) is 6.43. The highest BCUT2D eigenvalue weighted by Gasteiger charge is 2.23. The molecule has 1 atom stereocenters. The van der Waals surface area contributed by atoms with Crippen LogP contribution in [0.5, 0.6) is 11.5 Å². The van der Waals surface area contributed by atoms with Gasteiger partial charge < -0.3 is 20.1 Å². The number of thiazole rings is 1. The van der Waals surface area contributed by atoms with Crippen LogP contribution < -0.4 is 20.1 Å². The first-order valence-electron chi connectivity index (χ1n) is 13.1. The van der Waals surface area contributed by atoms with Crippen LogP contribution in [0.2, 0.25) is 0 Å². The maximum absolute atomic E-state index is 13.5. The van der Waals surface area contributed by atoms with Crippen LogP contribution in [0.15, 0.2) is 107 Å². The Kier molecular flexibility index (Phi) is 9.21. The van der Waals surface area contributed by atoms with Crippen molar-refractivity contribution in [3.05, 3.63) is 119 Å². The molecule has 0 aliphatic carbocycles. The van der Waals surface area contributed by atoms with E-state index in [-0.39, 0.29) is 11.8 Å². The lowest BCUT2D eigenvalue weighted by molar-refractivity contribution is -0.115. The molecule has 0 spiro atoms. The highest BCUT2D eigenvalue weighted by molar-refractivity contribution is 8.00. The zero-order valence-corrected chi connectivity index (χ0v) is 24.9. The normalized spacial score (nSPS) is 11.4. The summed E-state index contributed by atoms with van der Waals surface area (Å²) in [5.74, 6) is 0.591. The number of hydrogen-bond acceptors (Lipinski definition) is 7. The minimum absolute atomic E-state index is 0.165. The lowest BCUT2D eigenvalue weighted by atomic mass is 10.1. The number of thioether (sulfide) groups is 1. The number of aromatic nitrogens is 1. The number of methoxy groups -OCH3 is 2. The van der Waals surface area contributed by atoms with E-state index >= 15 is 0 Å². The predicted molar refractivity (Wildman–Crippen MR) is 170 cm³/mol. The number of ether oxygens (including phenoxy) is 2. The zero-order valence-electron chi connectivity index (χ0n) is 23.3. The topological polar surface area (TPSA) is 89.5 Å². The van der Waals surface area contributed by atoms with Crippen LogP contribution in [-0.2, 0) is 4.79 Å². The summed E-state index contributed by atoms with van der Waals surface area (Å²) in [6, 6.07) is 30.2. The molecule has 5 rings (SSSR count). The molecule has 0 fully saturated rings. The van der Waals surface area contributed by atoms with Crippen molar-refractivity contribution < 1.29 is 19.1 Å². The fraction of sp³-hybridized carbons (Fsp3) is 0.121. The van der Waals surface area contributed by atoms with Gasteiger partial charge in [-0.3, -0.25) is 9.59 Å². The minimum Gasteiger partial charge on any atom is -0.493 e. The van der Waals surface area contributed by atoms with E-state index in [4.69, 9.17) is 9.47 Å². The average Bonchev–Trinajstić information content (AvgIpc) is 3.49. The molecule has 1 aromatic heterocycles. The Morgan fingerprint density at radius 1 is 0.833 bits per heavy atom. The van der Waals surface area contributed by atoms with Crippen molar-refractivity contribution in [1.29, 1.82) is 0 Å². The van der Waals surface area contributed by atoms with Gasteiger partial charge in [0, 0.05) is 27.1 Å². The first-order chi connectivity index (χ1) is 20.4. The van der Waals surface area contributed by atoms with Crippen LogP contribution in [0.1, 0.15) is 26.7 Å². The maximum Gasteiger partial charge on any atom is 0.255 e. The van der Waals surface area contributed by atoms with E-state index in [2.05, 4.69) is 15.6 Å². The maximum atomic E-state index is 13.5. The van der Waals surface area contributed by atoms with Crippen molar-refractivity contribution in [3.8, 4) is 22.8 Å². The summed E-state index contributed by atoms with van der Waals surface area (Å²) in [6.45, 7) is 2.04. The Morgan fingerprint density at radius 3 is 2.24 bits per heavy atom. The van der Waals surface area contributed by atoms with Gasteiger partial charge in [-0.1, -0.05) is 60.2 Å². The number of amides is 2. The number of aryl methyl sites for hydroxylation is 1.